The maximum Gasteiger partial charge on any atom is 0.416 e. The van der Waals surface area contributed by atoms with Gasteiger partial charge in [0.05, 0.1) is 11.7 Å². The van der Waals surface area contributed by atoms with Crippen molar-refractivity contribution in [1.29, 1.82) is 0 Å². The van der Waals surface area contributed by atoms with Crippen LogP contribution in [0.3, 0.4) is 0 Å². The van der Waals surface area contributed by atoms with Crippen molar-refractivity contribution in [2.45, 2.75) is 45.5 Å². The third-order valence-electron chi connectivity index (χ3n) is 3.19. The molecule has 5 heteroatoms. The number of halogens is 3. The smallest absolute Gasteiger partial charge is 0.388 e. The number of alkyl halides is 3. The van der Waals surface area contributed by atoms with Crippen LogP contribution >= 0.6 is 0 Å². The number of rotatable bonds is 3. The molecule has 0 bridgehead atoms. The lowest BCUT2D eigenvalue weighted by Gasteiger charge is -2.29. The molecule has 0 aliphatic rings. The predicted molar refractivity (Wildman–Crippen MR) is 68.5 cm³/mol. The highest BCUT2D eigenvalue weighted by Gasteiger charge is 2.31. The molecule has 3 N–H and O–H groups in total. The first-order valence-corrected chi connectivity index (χ1v) is 6.12. The third-order valence-corrected chi connectivity index (χ3v) is 3.19. The molecule has 19 heavy (non-hydrogen) atoms. The third kappa shape index (κ3) is 4.51. The topological polar surface area (TPSA) is 46.2 Å². The lowest BCUT2D eigenvalue weighted by atomic mass is 9.83. The number of aliphatic hydroxyl groups is 1. The first kappa shape index (κ1) is 16.0. The first-order chi connectivity index (χ1) is 8.51. The quantitative estimate of drug-likeness (QED) is 0.886. The molecule has 0 saturated carbocycles. The molecule has 0 fully saturated rings. The van der Waals surface area contributed by atoms with Gasteiger partial charge in [-0.25, -0.2) is 0 Å². The molecule has 1 rings (SSSR count). The Bertz CT molecular complexity index is 423. The lowest BCUT2D eigenvalue weighted by molar-refractivity contribution is -0.137. The zero-order chi connectivity index (χ0) is 14.8. The summed E-state index contributed by atoms with van der Waals surface area (Å²) in [6, 6.07) is 4.44. The normalized spacial score (nSPS) is 16.2. The minimum absolute atomic E-state index is 0.206. The van der Waals surface area contributed by atoms with Gasteiger partial charge in [0, 0.05) is 6.04 Å². The Labute approximate surface area is 111 Å². The van der Waals surface area contributed by atoms with E-state index in [9.17, 15) is 18.3 Å². The molecule has 0 spiro atoms. The molecule has 0 amide bonds. The van der Waals surface area contributed by atoms with E-state index in [0.717, 1.165) is 12.1 Å². The zero-order valence-corrected chi connectivity index (χ0v) is 11.3. The Balaban J connectivity index is 2.86. The van der Waals surface area contributed by atoms with Crippen molar-refractivity contribution < 1.29 is 18.3 Å². The van der Waals surface area contributed by atoms with Crippen LogP contribution in [-0.2, 0) is 6.18 Å². The highest BCUT2D eigenvalue weighted by Crippen LogP contribution is 2.32. The van der Waals surface area contributed by atoms with Crippen LogP contribution in [-0.4, -0.2) is 11.1 Å². The van der Waals surface area contributed by atoms with Crippen molar-refractivity contribution in [1.82, 2.24) is 0 Å². The molecule has 0 radical (unpaired) electrons. The first-order valence-electron chi connectivity index (χ1n) is 6.12. The van der Waals surface area contributed by atoms with Gasteiger partial charge in [0.25, 0.3) is 0 Å². The van der Waals surface area contributed by atoms with E-state index in [-0.39, 0.29) is 23.4 Å². The molecule has 1 aromatic carbocycles. The fourth-order valence-corrected chi connectivity index (χ4v) is 1.65. The molecule has 1 aromatic rings. The number of hydrogen-bond donors (Lipinski definition) is 2. The summed E-state index contributed by atoms with van der Waals surface area (Å²) in [7, 11) is 0. The minimum Gasteiger partial charge on any atom is -0.388 e. The summed E-state index contributed by atoms with van der Waals surface area (Å²) in [5.41, 5.74) is 5.21. The average Bonchev–Trinajstić information content (AvgIpc) is 2.26. The highest BCUT2D eigenvalue weighted by molar-refractivity contribution is 5.27. The Morgan fingerprint density at radius 3 is 2.26 bits per heavy atom. The Morgan fingerprint density at radius 2 is 1.79 bits per heavy atom. The molecular formula is C14H20F3NO. The van der Waals surface area contributed by atoms with Crippen LogP contribution in [0.1, 0.15) is 44.4 Å². The van der Waals surface area contributed by atoms with Crippen LogP contribution in [0.5, 0.6) is 0 Å². The average molecular weight is 275 g/mol. The van der Waals surface area contributed by atoms with E-state index >= 15 is 0 Å². The van der Waals surface area contributed by atoms with E-state index in [1.807, 2.05) is 20.8 Å². The van der Waals surface area contributed by atoms with Crippen LogP contribution in [0.4, 0.5) is 13.2 Å². The van der Waals surface area contributed by atoms with Crippen molar-refractivity contribution in [2.24, 2.45) is 11.1 Å². The molecule has 0 unspecified atom stereocenters. The second-order valence-electron chi connectivity index (χ2n) is 5.85. The van der Waals surface area contributed by atoms with Gasteiger partial charge in [-0.2, -0.15) is 13.2 Å². The van der Waals surface area contributed by atoms with Crippen molar-refractivity contribution in [2.75, 3.05) is 0 Å². The maximum absolute atomic E-state index is 12.6. The van der Waals surface area contributed by atoms with Gasteiger partial charge in [-0.15, -0.1) is 0 Å². The standard InChI is InChI=1S/C14H20F3NO/c1-13(2,3)12(18)8-11(19)9-5-4-6-10(7-9)14(15,16)17/h4-7,11-12,19H,8,18H2,1-3H3/t11-,12-/m1/s1. The molecule has 2 atom stereocenters. The SMILES string of the molecule is CC(C)(C)[C@H](N)C[C@@H](O)c1cccc(C(F)(F)F)c1. The Kier molecular flexibility index (Phi) is 4.63. The summed E-state index contributed by atoms with van der Waals surface area (Å²) >= 11 is 0. The summed E-state index contributed by atoms with van der Waals surface area (Å²) in [4.78, 5) is 0. The fraction of sp³-hybridized carbons (Fsp3) is 0.571. The minimum atomic E-state index is -4.40. The second kappa shape index (κ2) is 5.51. The van der Waals surface area contributed by atoms with Crippen molar-refractivity contribution in [3.8, 4) is 0 Å². The van der Waals surface area contributed by atoms with Crippen molar-refractivity contribution in [3.05, 3.63) is 35.4 Å². The number of aliphatic hydroxyl groups excluding tert-OH is 1. The molecule has 2 nitrogen and oxygen atoms in total. The zero-order valence-electron chi connectivity index (χ0n) is 11.3. The molecular weight excluding hydrogens is 255 g/mol. The highest BCUT2D eigenvalue weighted by atomic mass is 19.4. The summed E-state index contributed by atoms with van der Waals surface area (Å²) in [6.07, 6.45) is -5.16. The van der Waals surface area contributed by atoms with Gasteiger partial charge in [-0.3, -0.25) is 0 Å². The molecule has 0 aliphatic heterocycles. The summed E-state index contributed by atoms with van der Waals surface area (Å²) in [5.74, 6) is 0. The number of hydrogen-bond acceptors (Lipinski definition) is 2. The Hall–Kier alpha value is -1.07. The summed E-state index contributed by atoms with van der Waals surface area (Å²) in [5, 5.41) is 10.00. The fourth-order valence-electron chi connectivity index (χ4n) is 1.65. The van der Waals surface area contributed by atoms with E-state index in [0.29, 0.717) is 0 Å². The second-order valence-corrected chi connectivity index (χ2v) is 5.85. The van der Waals surface area contributed by atoms with Gasteiger partial charge in [0.1, 0.15) is 0 Å². The molecule has 0 aromatic heterocycles. The van der Waals surface area contributed by atoms with Crippen LogP contribution in [0, 0.1) is 5.41 Å². The van der Waals surface area contributed by atoms with E-state index in [1.165, 1.54) is 12.1 Å². The molecule has 108 valence electrons. The van der Waals surface area contributed by atoms with Gasteiger partial charge in [-0.1, -0.05) is 32.9 Å². The van der Waals surface area contributed by atoms with Crippen LogP contribution in [0.25, 0.3) is 0 Å². The van der Waals surface area contributed by atoms with E-state index in [1.54, 1.807) is 0 Å². The largest absolute Gasteiger partial charge is 0.416 e. The van der Waals surface area contributed by atoms with Gasteiger partial charge >= 0.3 is 6.18 Å². The van der Waals surface area contributed by atoms with E-state index in [2.05, 4.69) is 0 Å². The van der Waals surface area contributed by atoms with Gasteiger partial charge in [0.2, 0.25) is 0 Å². The van der Waals surface area contributed by atoms with E-state index < -0.39 is 17.8 Å². The molecule has 0 aliphatic carbocycles. The number of nitrogens with two attached hydrogens (primary N) is 1. The monoisotopic (exact) mass is 275 g/mol. The maximum atomic E-state index is 12.6. The van der Waals surface area contributed by atoms with Crippen molar-refractivity contribution >= 4 is 0 Å². The Morgan fingerprint density at radius 1 is 1.21 bits per heavy atom. The van der Waals surface area contributed by atoms with Crippen LogP contribution in [0.2, 0.25) is 0 Å². The summed E-state index contributed by atoms with van der Waals surface area (Å²) in [6.45, 7) is 5.78. The lowest BCUT2D eigenvalue weighted by Crippen LogP contribution is -2.36. The van der Waals surface area contributed by atoms with Crippen LogP contribution < -0.4 is 5.73 Å². The summed E-state index contributed by atoms with van der Waals surface area (Å²) < 4.78 is 37.7. The number of benzene rings is 1. The van der Waals surface area contributed by atoms with Crippen LogP contribution in [0.15, 0.2) is 24.3 Å². The van der Waals surface area contributed by atoms with E-state index in [4.69, 9.17) is 5.73 Å². The van der Waals surface area contributed by atoms with Gasteiger partial charge in [0.15, 0.2) is 0 Å². The predicted octanol–water partition coefficient (Wildman–Crippen LogP) is 3.50. The van der Waals surface area contributed by atoms with Gasteiger partial charge in [-0.05, 0) is 29.5 Å². The molecule has 0 heterocycles. The molecule has 0 saturated heterocycles. The van der Waals surface area contributed by atoms with Gasteiger partial charge < -0.3 is 10.8 Å². The van der Waals surface area contributed by atoms with Crippen molar-refractivity contribution in [3.63, 3.8) is 0 Å².